The predicted molar refractivity (Wildman–Crippen MR) is 106 cm³/mol. The van der Waals surface area contributed by atoms with Crippen LogP contribution in [0.1, 0.15) is 46.0 Å². The number of benzene rings is 2. The van der Waals surface area contributed by atoms with Crippen molar-refractivity contribution in [2.24, 2.45) is 0 Å². The lowest BCUT2D eigenvalue weighted by Gasteiger charge is -2.19. The number of hydrogen-bond donors (Lipinski definition) is 1. The molecule has 1 unspecified atom stereocenters. The highest BCUT2D eigenvalue weighted by atomic mass is 16.5. The fourth-order valence-corrected chi connectivity index (χ4v) is 2.61. The minimum Gasteiger partial charge on any atom is -0.494 e. The van der Waals surface area contributed by atoms with Crippen molar-refractivity contribution in [2.75, 3.05) is 18.5 Å². The lowest BCUT2D eigenvalue weighted by Crippen LogP contribution is -2.25. The molecule has 0 aromatic heterocycles. The van der Waals surface area contributed by atoms with Crippen molar-refractivity contribution in [1.82, 2.24) is 0 Å². The second-order valence-electron chi connectivity index (χ2n) is 6.28. The Kier molecular flexibility index (Phi) is 8.74. The van der Waals surface area contributed by atoms with Crippen LogP contribution in [-0.2, 0) is 0 Å². The van der Waals surface area contributed by atoms with Gasteiger partial charge in [0.1, 0.15) is 17.6 Å². The maximum absolute atomic E-state index is 6.02. The standard InChI is InChI=1S/C22H31NO2/c1-3-5-6-10-16-24-22-15-11-12-19(17-22)23-18-20(4-2)25-21-13-8-7-9-14-21/h7-9,11-15,17,20,23H,3-6,10,16,18H2,1-2H3. The molecule has 0 bridgehead atoms. The average molecular weight is 341 g/mol. The van der Waals surface area contributed by atoms with Crippen LogP contribution in [0.15, 0.2) is 54.6 Å². The van der Waals surface area contributed by atoms with Crippen LogP contribution in [0.25, 0.3) is 0 Å². The fourth-order valence-electron chi connectivity index (χ4n) is 2.61. The summed E-state index contributed by atoms with van der Waals surface area (Å²) in [5.41, 5.74) is 1.07. The molecule has 0 aliphatic heterocycles. The Bertz CT molecular complexity index is 586. The van der Waals surface area contributed by atoms with Gasteiger partial charge in [-0.05, 0) is 37.1 Å². The molecule has 2 aromatic rings. The molecule has 0 radical (unpaired) electrons. The molecule has 3 nitrogen and oxygen atoms in total. The number of para-hydroxylation sites is 1. The highest BCUT2D eigenvalue weighted by molar-refractivity contribution is 5.48. The summed E-state index contributed by atoms with van der Waals surface area (Å²) < 4.78 is 11.9. The van der Waals surface area contributed by atoms with E-state index < -0.39 is 0 Å². The van der Waals surface area contributed by atoms with Crippen molar-refractivity contribution < 1.29 is 9.47 Å². The highest BCUT2D eigenvalue weighted by Crippen LogP contribution is 2.19. The van der Waals surface area contributed by atoms with Gasteiger partial charge in [0.2, 0.25) is 0 Å². The molecule has 0 spiro atoms. The molecule has 3 heteroatoms. The molecule has 0 fully saturated rings. The molecule has 0 saturated carbocycles. The summed E-state index contributed by atoms with van der Waals surface area (Å²) in [4.78, 5) is 0. The molecule has 2 rings (SSSR count). The smallest absolute Gasteiger partial charge is 0.121 e. The minimum atomic E-state index is 0.140. The number of anilines is 1. The number of hydrogen-bond acceptors (Lipinski definition) is 3. The molecule has 0 heterocycles. The lowest BCUT2D eigenvalue weighted by atomic mass is 10.2. The number of unbranched alkanes of at least 4 members (excludes halogenated alkanes) is 3. The normalized spacial score (nSPS) is 11.8. The summed E-state index contributed by atoms with van der Waals surface area (Å²) in [6, 6.07) is 18.2. The molecule has 0 aliphatic rings. The van der Waals surface area contributed by atoms with E-state index in [0.717, 1.165) is 43.2 Å². The third-order valence-electron chi connectivity index (χ3n) is 4.14. The van der Waals surface area contributed by atoms with E-state index in [1.165, 1.54) is 19.3 Å². The number of nitrogens with one attached hydrogen (secondary N) is 1. The van der Waals surface area contributed by atoms with Crippen LogP contribution in [0.3, 0.4) is 0 Å². The fraction of sp³-hybridized carbons (Fsp3) is 0.455. The van der Waals surface area contributed by atoms with E-state index in [2.05, 4.69) is 31.3 Å². The Balaban J connectivity index is 1.78. The van der Waals surface area contributed by atoms with Crippen LogP contribution < -0.4 is 14.8 Å². The summed E-state index contributed by atoms with van der Waals surface area (Å²) in [7, 11) is 0. The molecular weight excluding hydrogens is 310 g/mol. The van der Waals surface area contributed by atoms with Gasteiger partial charge in [-0.3, -0.25) is 0 Å². The van der Waals surface area contributed by atoms with Crippen molar-refractivity contribution in [2.45, 2.75) is 52.1 Å². The monoisotopic (exact) mass is 341 g/mol. The molecule has 25 heavy (non-hydrogen) atoms. The molecule has 1 N–H and O–H groups in total. The SMILES string of the molecule is CCCCCCOc1cccc(NCC(CC)Oc2ccccc2)c1. The summed E-state index contributed by atoms with van der Waals surface area (Å²) >= 11 is 0. The Hall–Kier alpha value is -2.16. The topological polar surface area (TPSA) is 30.5 Å². The molecule has 1 atom stereocenters. The molecule has 2 aromatic carbocycles. The summed E-state index contributed by atoms with van der Waals surface area (Å²) in [5.74, 6) is 1.85. The number of rotatable bonds is 12. The van der Waals surface area contributed by atoms with Crippen LogP contribution in [0, 0.1) is 0 Å². The van der Waals surface area contributed by atoms with Crippen molar-refractivity contribution >= 4 is 5.69 Å². The third kappa shape index (κ3) is 7.51. The van der Waals surface area contributed by atoms with E-state index in [1.807, 2.05) is 42.5 Å². The average Bonchev–Trinajstić information content (AvgIpc) is 2.66. The Morgan fingerprint density at radius 3 is 2.44 bits per heavy atom. The molecule has 0 amide bonds. The highest BCUT2D eigenvalue weighted by Gasteiger charge is 2.08. The van der Waals surface area contributed by atoms with Crippen LogP contribution in [0.2, 0.25) is 0 Å². The quantitative estimate of drug-likeness (QED) is 0.486. The van der Waals surface area contributed by atoms with Gasteiger partial charge in [-0.15, -0.1) is 0 Å². The van der Waals surface area contributed by atoms with Gasteiger partial charge in [0, 0.05) is 11.8 Å². The molecule has 136 valence electrons. The lowest BCUT2D eigenvalue weighted by molar-refractivity contribution is 0.210. The molecular formula is C22H31NO2. The zero-order chi connectivity index (χ0) is 17.7. The Labute approximate surface area is 152 Å². The van der Waals surface area contributed by atoms with E-state index in [-0.39, 0.29) is 6.10 Å². The maximum atomic E-state index is 6.02. The zero-order valence-electron chi connectivity index (χ0n) is 15.5. The molecule has 0 saturated heterocycles. The van der Waals surface area contributed by atoms with Gasteiger partial charge in [-0.1, -0.05) is 57.4 Å². The van der Waals surface area contributed by atoms with E-state index in [9.17, 15) is 0 Å². The van der Waals surface area contributed by atoms with E-state index in [1.54, 1.807) is 0 Å². The maximum Gasteiger partial charge on any atom is 0.121 e. The van der Waals surface area contributed by atoms with Gasteiger partial charge >= 0.3 is 0 Å². The van der Waals surface area contributed by atoms with Crippen molar-refractivity contribution in [3.63, 3.8) is 0 Å². The van der Waals surface area contributed by atoms with E-state index >= 15 is 0 Å². The van der Waals surface area contributed by atoms with Crippen molar-refractivity contribution in [1.29, 1.82) is 0 Å². The van der Waals surface area contributed by atoms with Gasteiger partial charge in [0.15, 0.2) is 0 Å². The minimum absolute atomic E-state index is 0.140. The predicted octanol–water partition coefficient (Wildman–Crippen LogP) is 5.92. The summed E-state index contributed by atoms with van der Waals surface area (Å²) in [5, 5.41) is 3.46. The Morgan fingerprint density at radius 1 is 0.880 bits per heavy atom. The van der Waals surface area contributed by atoms with Gasteiger partial charge in [-0.2, -0.15) is 0 Å². The van der Waals surface area contributed by atoms with Gasteiger partial charge in [0.25, 0.3) is 0 Å². The van der Waals surface area contributed by atoms with Crippen LogP contribution in [0.4, 0.5) is 5.69 Å². The Morgan fingerprint density at radius 2 is 1.68 bits per heavy atom. The van der Waals surface area contributed by atoms with E-state index in [4.69, 9.17) is 9.47 Å². The van der Waals surface area contributed by atoms with Gasteiger partial charge in [-0.25, -0.2) is 0 Å². The largest absolute Gasteiger partial charge is 0.494 e. The first-order chi connectivity index (χ1) is 12.3. The second-order valence-corrected chi connectivity index (χ2v) is 6.28. The van der Waals surface area contributed by atoms with Gasteiger partial charge in [0.05, 0.1) is 13.2 Å². The van der Waals surface area contributed by atoms with Crippen LogP contribution >= 0.6 is 0 Å². The first-order valence-electron chi connectivity index (χ1n) is 9.50. The van der Waals surface area contributed by atoms with E-state index in [0.29, 0.717) is 0 Å². The molecule has 0 aliphatic carbocycles. The number of ether oxygens (including phenoxy) is 2. The third-order valence-corrected chi connectivity index (χ3v) is 4.14. The summed E-state index contributed by atoms with van der Waals surface area (Å²) in [6.07, 6.45) is 5.99. The second kappa shape index (κ2) is 11.4. The van der Waals surface area contributed by atoms with Crippen LogP contribution in [-0.4, -0.2) is 19.3 Å². The van der Waals surface area contributed by atoms with Crippen molar-refractivity contribution in [3.05, 3.63) is 54.6 Å². The van der Waals surface area contributed by atoms with Gasteiger partial charge < -0.3 is 14.8 Å². The first kappa shape index (κ1) is 19.2. The van der Waals surface area contributed by atoms with Crippen molar-refractivity contribution in [3.8, 4) is 11.5 Å². The van der Waals surface area contributed by atoms with Crippen LogP contribution in [0.5, 0.6) is 11.5 Å². The summed E-state index contributed by atoms with van der Waals surface area (Å²) in [6.45, 7) is 5.93. The zero-order valence-corrected chi connectivity index (χ0v) is 15.5. The first-order valence-corrected chi connectivity index (χ1v) is 9.50.